The highest BCUT2D eigenvalue weighted by atomic mass is 35.5. The molecule has 26 heavy (non-hydrogen) atoms. The van der Waals surface area contributed by atoms with Gasteiger partial charge in [-0.1, -0.05) is 43.6 Å². The Morgan fingerprint density at radius 1 is 1.00 bits per heavy atom. The summed E-state index contributed by atoms with van der Waals surface area (Å²) in [6.45, 7) is 6.06. The first-order valence-electron chi connectivity index (χ1n) is 8.39. The quantitative estimate of drug-likeness (QED) is 0.692. The van der Waals surface area contributed by atoms with Crippen molar-refractivity contribution >= 4 is 46.6 Å². The van der Waals surface area contributed by atoms with Crippen molar-refractivity contribution in [1.82, 2.24) is 0 Å². The minimum absolute atomic E-state index is 0.112. The third-order valence-electron chi connectivity index (χ3n) is 3.79. The van der Waals surface area contributed by atoms with Crippen molar-refractivity contribution in [3.63, 3.8) is 0 Å². The highest BCUT2D eigenvalue weighted by molar-refractivity contribution is 8.00. The van der Waals surface area contributed by atoms with Crippen LogP contribution in [0.1, 0.15) is 30.9 Å². The van der Waals surface area contributed by atoms with Gasteiger partial charge in [0, 0.05) is 16.4 Å². The third kappa shape index (κ3) is 6.07. The minimum atomic E-state index is -0.143. The van der Waals surface area contributed by atoms with Crippen LogP contribution in [0.2, 0.25) is 5.02 Å². The Hall–Kier alpha value is -1.98. The number of halogens is 1. The Morgan fingerprint density at radius 2 is 1.62 bits per heavy atom. The van der Waals surface area contributed by atoms with E-state index in [4.69, 9.17) is 11.6 Å². The number of nitrogens with one attached hydrogen (secondary N) is 2. The maximum atomic E-state index is 12.1. The molecule has 0 aliphatic carbocycles. The van der Waals surface area contributed by atoms with Crippen molar-refractivity contribution in [2.45, 2.75) is 26.7 Å². The molecule has 0 saturated heterocycles. The SMILES string of the molecule is Cc1cc(Cl)ccc1NC(=O)CSCC(=O)Nc1ccccc1C(C)C. The highest BCUT2D eigenvalue weighted by Gasteiger charge is 2.11. The van der Waals surface area contributed by atoms with E-state index < -0.39 is 0 Å². The van der Waals surface area contributed by atoms with Gasteiger partial charge in [0.05, 0.1) is 11.5 Å². The zero-order valence-corrected chi connectivity index (χ0v) is 16.7. The summed E-state index contributed by atoms with van der Waals surface area (Å²) in [6, 6.07) is 13.1. The van der Waals surface area contributed by atoms with Gasteiger partial charge < -0.3 is 10.6 Å². The van der Waals surface area contributed by atoms with Crippen LogP contribution in [0.25, 0.3) is 0 Å². The van der Waals surface area contributed by atoms with E-state index in [0.29, 0.717) is 10.9 Å². The molecule has 0 bridgehead atoms. The van der Waals surface area contributed by atoms with E-state index >= 15 is 0 Å². The summed E-state index contributed by atoms with van der Waals surface area (Å²) in [5.74, 6) is 0.503. The van der Waals surface area contributed by atoms with E-state index in [1.807, 2.05) is 31.2 Å². The lowest BCUT2D eigenvalue weighted by Gasteiger charge is -2.13. The van der Waals surface area contributed by atoms with Crippen molar-refractivity contribution in [1.29, 1.82) is 0 Å². The maximum Gasteiger partial charge on any atom is 0.234 e. The molecule has 2 N–H and O–H groups in total. The number of benzene rings is 2. The fraction of sp³-hybridized carbons (Fsp3) is 0.300. The second-order valence-corrected chi connectivity index (χ2v) is 7.71. The second kappa shape index (κ2) is 9.64. The summed E-state index contributed by atoms with van der Waals surface area (Å²) < 4.78 is 0. The molecule has 0 fully saturated rings. The van der Waals surface area contributed by atoms with Crippen LogP contribution in [0.4, 0.5) is 11.4 Å². The molecule has 0 aliphatic heterocycles. The lowest BCUT2D eigenvalue weighted by atomic mass is 10.0. The summed E-state index contributed by atoms with van der Waals surface area (Å²) in [7, 11) is 0. The van der Waals surface area contributed by atoms with Gasteiger partial charge in [0.1, 0.15) is 0 Å². The topological polar surface area (TPSA) is 58.2 Å². The van der Waals surface area contributed by atoms with Gasteiger partial charge in [-0.05, 0) is 48.2 Å². The van der Waals surface area contributed by atoms with Crippen LogP contribution in [0, 0.1) is 6.92 Å². The van der Waals surface area contributed by atoms with Crippen LogP contribution < -0.4 is 10.6 Å². The molecule has 0 heterocycles. The Labute approximate surface area is 163 Å². The lowest BCUT2D eigenvalue weighted by molar-refractivity contribution is -0.114. The average Bonchev–Trinajstić information content (AvgIpc) is 2.57. The summed E-state index contributed by atoms with van der Waals surface area (Å²) in [6.07, 6.45) is 0. The van der Waals surface area contributed by atoms with Gasteiger partial charge in [0.25, 0.3) is 0 Å². The monoisotopic (exact) mass is 390 g/mol. The Morgan fingerprint density at radius 3 is 2.23 bits per heavy atom. The standard InChI is InChI=1S/C20H23ClN2O2S/c1-13(2)16-6-4-5-7-18(16)23-20(25)12-26-11-19(24)22-17-9-8-15(21)10-14(17)3/h4-10,13H,11-12H2,1-3H3,(H,22,24)(H,23,25). The van der Waals surface area contributed by atoms with E-state index in [2.05, 4.69) is 24.5 Å². The van der Waals surface area contributed by atoms with Gasteiger partial charge in [0.15, 0.2) is 0 Å². The number of para-hydroxylation sites is 1. The number of hydrogen-bond donors (Lipinski definition) is 2. The number of aryl methyl sites for hydroxylation is 1. The number of carbonyl (C=O) groups is 2. The van der Waals surface area contributed by atoms with E-state index in [9.17, 15) is 9.59 Å². The van der Waals surface area contributed by atoms with E-state index in [1.54, 1.807) is 18.2 Å². The van der Waals surface area contributed by atoms with Crippen molar-refractivity contribution in [3.8, 4) is 0 Å². The molecule has 0 saturated carbocycles. The predicted octanol–water partition coefficient (Wildman–Crippen LogP) is 5.08. The molecule has 0 radical (unpaired) electrons. The molecule has 0 spiro atoms. The predicted molar refractivity (Wildman–Crippen MR) is 111 cm³/mol. The minimum Gasteiger partial charge on any atom is -0.325 e. The Bertz CT molecular complexity index is 793. The van der Waals surface area contributed by atoms with Gasteiger partial charge in [-0.3, -0.25) is 9.59 Å². The van der Waals surface area contributed by atoms with Crippen LogP contribution in [-0.2, 0) is 9.59 Å². The maximum absolute atomic E-state index is 12.1. The largest absolute Gasteiger partial charge is 0.325 e. The van der Waals surface area contributed by atoms with Crippen LogP contribution in [0.3, 0.4) is 0 Å². The first-order valence-corrected chi connectivity index (χ1v) is 9.92. The Kier molecular flexibility index (Phi) is 7.54. The molecule has 6 heteroatoms. The molecule has 0 aromatic heterocycles. The molecule has 138 valence electrons. The van der Waals surface area contributed by atoms with Gasteiger partial charge >= 0.3 is 0 Å². The molecule has 0 aliphatic rings. The number of rotatable bonds is 7. The van der Waals surface area contributed by atoms with Crippen LogP contribution >= 0.6 is 23.4 Å². The molecule has 4 nitrogen and oxygen atoms in total. The zero-order chi connectivity index (χ0) is 19.1. The van der Waals surface area contributed by atoms with E-state index in [-0.39, 0.29) is 23.3 Å². The molecule has 2 aromatic carbocycles. The fourth-order valence-electron chi connectivity index (χ4n) is 2.49. The lowest BCUT2D eigenvalue weighted by Crippen LogP contribution is -2.19. The fourth-order valence-corrected chi connectivity index (χ4v) is 3.33. The number of anilines is 2. The first kappa shape index (κ1) is 20.3. The molecule has 0 unspecified atom stereocenters. The van der Waals surface area contributed by atoms with Gasteiger partial charge in [-0.15, -0.1) is 11.8 Å². The summed E-state index contributed by atoms with van der Waals surface area (Å²) in [4.78, 5) is 24.2. The highest BCUT2D eigenvalue weighted by Crippen LogP contribution is 2.24. The average molecular weight is 391 g/mol. The summed E-state index contributed by atoms with van der Waals surface area (Å²) >= 11 is 7.19. The van der Waals surface area contributed by atoms with Crippen molar-refractivity contribution in [2.24, 2.45) is 0 Å². The van der Waals surface area contributed by atoms with E-state index in [0.717, 1.165) is 22.5 Å². The Balaban J connectivity index is 1.80. The van der Waals surface area contributed by atoms with Crippen molar-refractivity contribution < 1.29 is 9.59 Å². The van der Waals surface area contributed by atoms with Gasteiger partial charge in [-0.2, -0.15) is 0 Å². The molecular formula is C20H23ClN2O2S. The number of carbonyl (C=O) groups excluding carboxylic acids is 2. The molecule has 0 atom stereocenters. The number of thioether (sulfide) groups is 1. The van der Waals surface area contributed by atoms with Crippen LogP contribution in [0.15, 0.2) is 42.5 Å². The summed E-state index contributed by atoms with van der Waals surface area (Å²) in [5.41, 5.74) is 3.56. The van der Waals surface area contributed by atoms with Crippen molar-refractivity contribution in [2.75, 3.05) is 22.1 Å². The van der Waals surface area contributed by atoms with Crippen molar-refractivity contribution in [3.05, 3.63) is 58.6 Å². The molecule has 2 aromatic rings. The van der Waals surface area contributed by atoms with Crippen LogP contribution in [-0.4, -0.2) is 23.3 Å². The third-order valence-corrected chi connectivity index (χ3v) is 4.95. The van der Waals surface area contributed by atoms with Gasteiger partial charge in [-0.25, -0.2) is 0 Å². The van der Waals surface area contributed by atoms with Gasteiger partial charge in [0.2, 0.25) is 11.8 Å². The molecule has 2 amide bonds. The van der Waals surface area contributed by atoms with Crippen LogP contribution in [0.5, 0.6) is 0 Å². The molecule has 2 rings (SSSR count). The normalized spacial score (nSPS) is 10.7. The first-order chi connectivity index (χ1) is 12.4. The second-order valence-electron chi connectivity index (χ2n) is 6.29. The number of hydrogen-bond acceptors (Lipinski definition) is 3. The number of amides is 2. The summed E-state index contributed by atoms with van der Waals surface area (Å²) in [5, 5.41) is 6.39. The smallest absolute Gasteiger partial charge is 0.234 e. The zero-order valence-electron chi connectivity index (χ0n) is 15.1. The molecular weight excluding hydrogens is 368 g/mol. The van der Waals surface area contributed by atoms with E-state index in [1.165, 1.54) is 11.8 Å².